The Morgan fingerprint density at radius 2 is 1.76 bits per heavy atom. The van der Waals surface area contributed by atoms with Gasteiger partial charge in [-0.15, -0.1) is 0 Å². The number of carbonyl (C=O) groups excluding carboxylic acids is 1. The highest BCUT2D eigenvalue weighted by Gasteiger charge is 2.28. The largest absolute Gasteiger partial charge is 0.481 e. The van der Waals surface area contributed by atoms with Crippen LogP contribution in [0.4, 0.5) is 11.4 Å². The van der Waals surface area contributed by atoms with Crippen LogP contribution in [0.5, 0.6) is 5.75 Å². The lowest BCUT2D eigenvalue weighted by molar-refractivity contribution is -0.122. The summed E-state index contributed by atoms with van der Waals surface area (Å²) in [5.41, 5.74) is 1.73. The summed E-state index contributed by atoms with van der Waals surface area (Å²) in [5, 5.41) is 11.8. The summed E-state index contributed by atoms with van der Waals surface area (Å²) in [5.74, 6) is 0.0655. The van der Waals surface area contributed by atoms with Crippen molar-refractivity contribution >= 4 is 27.3 Å². The molecule has 0 aromatic heterocycles. The lowest BCUT2D eigenvalue weighted by atomic mass is 10.2. The fourth-order valence-corrected chi connectivity index (χ4v) is 5.48. The first-order valence-corrected chi connectivity index (χ1v) is 12.8. The molecule has 0 aliphatic carbocycles. The minimum absolute atomic E-state index is 0.133. The number of morpholine rings is 1. The van der Waals surface area contributed by atoms with Gasteiger partial charge in [0.15, 0.2) is 6.10 Å². The number of hydrogen-bond acceptors (Lipinski definition) is 7. The molecule has 2 aromatic carbocycles. The standard InChI is InChI=1S/C24H28N4O5S/c1-18(33-20-6-4-19(17-25)5-7-20)24(29)26-22-16-21(8-9-23(22)27-10-2-3-11-27)34(30,31)28-12-14-32-15-13-28/h4-9,16,18H,2-3,10-15H2,1H3,(H,26,29). The summed E-state index contributed by atoms with van der Waals surface area (Å²) < 4.78 is 38.8. The molecule has 4 rings (SSSR count). The lowest BCUT2D eigenvalue weighted by Gasteiger charge is -2.27. The highest BCUT2D eigenvalue weighted by Crippen LogP contribution is 2.33. The van der Waals surface area contributed by atoms with Crippen molar-refractivity contribution in [3.8, 4) is 11.8 Å². The van der Waals surface area contributed by atoms with Crippen LogP contribution in [0.15, 0.2) is 47.4 Å². The van der Waals surface area contributed by atoms with Crippen molar-refractivity contribution in [2.45, 2.75) is 30.8 Å². The molecule has 2 fully saturated rings. The van der Waals surface area contributed by atoms with Crippen molar-refractivity contribution in [2.75, 3.05) is 49.6 Å². The maximum absolute atomic E-state index is 13.2. The Morgan fingerprint density at radius 1 is 1.09 bits per heavy atom. The summed E-state index contributed by atoms with van der Waals surface area (Å²) in [6.45, 7) is 4.63. The van der Waals surface area contributed by atoms with Crippen LogP contribution in [0, 0.1) is 11.3 Å². The monoisotopic (exact) mass is 484 g/mol. The van der Waals surface area contributed by atoms with Gasteiger partial charge >= 0.3 is 0 Å². The molecule has 1 amide bonds. The number of hydrogen-bond donors (Lipinski definition) is 1. The van der Waals surface area contributed by atoms with Crippen LogP contribution in [-0.4, -0.2) is 64.1 Å². The van der Waals surface area contributed by atoms with E-state index in [0.29, 0.717) is 43.3 Å². The Kier molecular flexibility index (Phi) is 7.36. The maximum Gasteiger partial charge on any atom is 0.265 e. The van der Waals surface area contributed by atoms with Crippen LogP contribution >= 0.6 is 0 Å². The highest BCUT2D eigenvalue weighted by molar-refractivity contribution is 7.89. The number of nitrogens with zero attached hydrogens (tertiary/aromatic N) is 3. The first-order valence-electron chi connectivity index (χ1n) is 11.3. The molecule has 10 heteroatoms. The van der Waals surface area contributed by atoms with Gasteiger partial charge in [0, 0.05) is 26.2 Å². The maximum atomic E-state index is 13.2. The molecule has 34 heavy (non-hydrogen) atoms. The number of carbonyl (C=O) groups is 1. The van der Waals surface area contributed by atoms with Crippen molar-refractivity contribution < 1.29 is 22.7 Å². The summed E-state index contributed by atoms with van der Waals surface area (Å²) in [4.78, 5) is 15.3. The van der Waals surface area contributed by atoms with Gasteiger partial charge in [-0.2, -0.15) is 9.57 Å². The van der Waals surface area contributed by atoms with E-state index < -0.39 is 22.0 Å². The average Bonchev–Trinajstić information content (AvgIpc) is 3.40. The summed E-state index contributed by atoms with van der Waals surface area (Å²) in [6, 6.07) is 13.4. The van der Waals surface area contributed by atoms with Crippen molar-refractivity contribution in [3.05, 3.63) is 48.0 Å². The third kappa shape index (κ3) is 5.33. The number of ether oxygens (including phenoxy) is 2. The smallest absolute Gasteiger partial charge is 0.265 e. The van der Waals surface area contributed by atoms with Gasteiger partial charge in [-0.25, -0.2) is 8.42 Å². The Hall–Kier alpha value is -3.13. The fourth-order valence-electron chi connectivity index (χ4n) is 4.05. The molecule has 2 aromatic rings. The van der Waals surface area contributed by atoms with E-state index in [4.69, 9.17) is 14.7 Å². The molecule has 2 saturated heterocycles. The summed E-state index contributed by atoms with van der Waals surface area (Å²) in [6.07, 6.45) is 1.25. The van der Waals surface area contributed by atoms with E-state index in [1.807, 2.05) is 6.07 Å². The van der Waals surface area contributed by atoms with Crippen LogP contribution in [0.25, 0.3) is 0 Å². The third-order valence-corrected chi connectivity index (χ3v) is 7.84. The quantitative estimate of drug-likeness (QED) is 0.643. The van der Waals surface area contributed by atoms with Gasteiger partial charge in [-0.3, -0.25) is 4.79 Å². The van der Waals surface area contributed by atoms with E-state index >= 15 is 0 Å². The van der Waals surface area contributed by atoms with Crippen LogP contribution in [0.1, 0.15) is 25.3 Å². The van der Waals surface area contributed by atoms with E-state index in [9.17, 15) is 13.2 Å². The fraction of sp³-hybridized carbons (Fsp3) is 0.417. The number of nitriles is 1. The van der Waals surface area contributed by atoms with E-state index in [0.717, 1.165) is 31.6 Å². The van der Waals surface area contributed by atoms with Crippen molar-refractivity contribution in [3.63, 3.8) is 0 Å². The first-order chi connectivity index (χ1) is 16.4. The molecule has 1 N–H and O–H groups in total. The zero-order valence-electron chi connectivity index (χ0n) is 19.1. The molecule has 0 radical (unpaired) electrons. The van der Waals surface area contributed by atoms with Gasteiger partial charge in [0.05, 0.1) is 41.1 Å². The molecule has 9 nitrogen and oxygen atoms in total. The van der Waals surface area contributed by atoms with E-state index in [1.54, 1.807) is 43.3 Å². The Balaban J connectivity index is 1.56. The molecule has 2 aliphatic rings. The predicted molar refractivity (Wildman–Crippen MR) is 127 cm³/mol. The number of benzene rings is 2. The number of rotatable bonds is 7. The second-order valence-electron chi connectivity index (χ2n) is 8.28. The van der Waals surface area contributed by atoms with Gasteiger partial charge in [0.1, 0.15) is 5.75 Å². The zero-order valence-corrected chi connectivity index (χ0v) is 19.9. The van der Waals surface area contributed by atoms with E-state index in [2.05, 4.69) is 10.2 Å². The SMILES string of the molecule is CC(Oc1ccc(C#N)cc1)C(=O)Nc1cc(S(=O)(=O)N2CCOCC2)ccc1N1CCCC1. The van der Waals surface area contributed by atoms with E-state index in [1.165, 1.54) is 10.4 Å². The molecular weight excluding hydrogens is 456 g/mol. The minimum Gasteiger partial charge on any atom is -0.481 e. The molecule has 180 valence electrons. The van der Waals surface area contributed by atoms with Crippen LogP contribution in [0.2, 0.25) is 0 Å². The first kappa shape index (κ1) is 24.0. The molecule has 0 bridgehead atoms. The van der Waals surface area contributed by atoms with Crippen molar-refractivity contribution in [2.24, 2.45) is 0 Å². The number of amides is 1. The van der Waals surface area contributed by atoms with Gasteiger partial charge in [-0.1, -0.05) is 0 Å². The number of nitrogens with one attached hydrogen (secondary N) is 1. The van der Waals surface area contributed by atoms with Crippen molar-refractivity contribution in [1.29, 1.82) is 5.26 Å². The molecule has 1 atom stereocenters. The number of anilines is 2. The second-order valence-corrected chi connectivity index (χ2v) is 10.2. The zero-order chi connectivity index (χ0) is 24.1. The molecule has 2 aliphatic heterocycles. The van der Waals surface area contributed by atoms with Crippen LogP contribution in [0.3, 0.4) is 0 Å². The van der Waals surface area contributed by atoms with Crippen molar-refractivity contribution in [1.82, 2.24) is 4.31 Å². The normalized spacial score (nSPS) is 17.7. The molecule has 0 saturated carbocycles. The minimum atomic E-state index is -3.71. The van der Waals surface area contributed by atoms with Gasteiger partial charge < -0.3 is 19.7 Å². The Labute approximate surface area is 199 Å². The summed E-state index contributed by atoms with van der Waals surface area (Å²) >= 11 is 0. The van der Waals surface area contributed by atoms with Gasteiger partial charge in [0.2, 0.25) is 10.0 Å². The number of sulfonamides is 1. The van der Waals surface area contributed by atoms with Gasteiger partial charge in [-0.05, 0) is 62.2 Å². The molecule has 2 heterocycles. The molecule has 0 spiro atoms. The average molecular weight is 485 g/mol. The molecular formula is C24H28N4O5S. The Bertz CT molecular complexity index is 1160. The van der Waals surface area contributed by atoms with Crippen LogP contribution < -0.4 is 15.0 Å². The van der Waals surface area contributed by atoms with Crippen LogP contribution in [-0.2, 0) is 19.6 Å². The second kappa shape index (κ2) is 10.4. The third-order valence-electron chi connectivity index (χ3n) is 5.95. The molecule has 1 unspecified atom stereocenters. The summed E-state index contributed by atoms with van der Waals surface area (Å²) in [7, 11) is -3.71. The predicted octanol–water partition coefficient (Wildman–Crippen LogP) is 2.59. The highest BCUT2D eigenvalue weighted by atomic mass is 32.2. The Morgan fingerprint density at radius 3 is 2.41 bits per heavy atom. The lowest BCUT2D eigenvalue weighted by Crippen LogP contribution is -2.40. The van der Waals surface area contributed by atoms with Gasteiger partial charge in [0.25, 0.3) is 5.91 Å². The van der Waals surface area contributed by atoms with E-state index in [-0.39, 0.29) is 4.90 Å². The topological polar surface area (TPSA) is 112 Å².